The molecule has 0 radical (unpaired) electrons. The highest BCUT2D eigenvalue weighted by molar-refractivity contribution is 8.00. The molecular formula is C20H31N3OS. The molecular weight excluding hydrogens is 330 g/mol. The van der Waals surface area contributed by atoms with Gasteiger partial charge in [0, 0.05) is 32.7 Å². The van der Waals surface area contributed by atoms with Crippen LogP contribution in [0.2, 0.25) is 0 Å². The van der Waals surface area contributed by atoms with Crippen molar-refractivity contribution in [2.75, 3.05) is 52.1 Å². The van der Waals surface area contributed by atoms with E-state index in [0.717, 1.165) is 45.7 Å². The number of amides is 1. The second-order valence-corrected chi connectivity index (χ2v) is 8.64. The van der Waals surface area contributed by atoms with Crippen LogP contribution in [0.1, 0.15) is 42.7 Å². The summed E-state index contributed by atoms with van der Waals surface area (Å²) in [5, 5.41) is 0.196. The number of carbonyl (C=O) groups excluding carboxylic acids is 1. The summed E-state index contributed by atoms with van der Waals surface area (Å²) in [5.41, 5.74) is 2.62. The summed E-state index contributed by atoms with van der Waals surface area (Å²) >= 11 is 1.77. The quantitative estimate of drug-likeness (QED) is 0.778. The van der Waals surface area contributed by atoms with Crippen LogP contribution < -0.4 is 0 Å². The van der Waals surface area contributed by atoms with Gasteiger partial charge in [-0.3, -0.25) is 4.79 Å². The summed E-state index contributed by atoms with van der Waals surface area (Å²) in [6.45, 7) is 11.0. The zero-order valence-corrected chi connectivity index (χ0v) is 16.6. The Hall–Kier alpha value is -1.04. The Morgan fingerprint density at radius 3 is 2.40 bits per heavy atom. The van der Waals surface area contributed by atoms with E-state index in [1.54, 1.807) is 11.8 Å². The van der Waals surface area contributed by atoms with Crippen LogP contribution in [0, 0.1) is 0 Å². The smallest absolute Gasteiger partial charge is 0.233 e. The highest BCUT2D eigenvalue weighted by atomic mass is 32.2. The van der Waals surface area contributed by atoms with Gasteiger partial charge in [-0.1, -0.05) is 38.1 Å². The number of carbonyl (C=O) groups is 1. The van der Waals surface area contributed by atoms with Crippen molar-refractivity contribution in [3.05, 3.63) is 35.4 Å². The maximum absolute atomic E-state index is 12.3. The van der Waals surface area contributed by atoms with Gasteiger partial charge in [0.25, 0.3) is 0 Å². The summed E-state index contributed by atoms with van der Waals surface area (Å²) in [4.78, 5) is 19.3. The zero-order chi connectivity index (χ0) is 17.8. The van der Waals surface area contributed by atoms with Gasteiger partial charge in [0.15, 0.2) is 0 Å². The van der Waals surface area contributed by atoms with Gasteiger partial charge in [-0.2, -0.15) is 0 Å². The lowest BCUT2D eigenvalue weighted by atomic mass is 10.0. The first kappa shape index (κ1) is 18.7. The molecule has 1 amide bonds. The summed E-state index contributed by atoms with van der Waals surface area (Å²) in [5.74, 6) is 1.46. The molecule has 25 heavy (non-hydrogen) atoms. The van der Waals surface area contributed by atoms with E-state index in [2.05, 4.69) is 59.9 Å². The fourth-order valence-corrected chi connectivity index (χ4v) is 4.77. The standard InChI is InChI=1S/C20H31N3OS/c1-16(2)17-5-7-18(8-6-17)20-23(19(24)15-25-20)10-4-9-22-13-11-21(3)12-14-22/h5-8,16,20H,4,9-15H2,1-3H3/t20-/m0/s1. The average Bonchev–Trinajstić information content (AvgIpc) is 2.98. The molecule has 2 saturated heterocycles. The van der Waals surface area contributed by atoms with Crippen LogP contribution in [0.25, 0.3) is 0 Å². The summed E-state index contributed by atoms with van der Waals surface area (Å²) in [7, 11) is 2.19. The van der Waals surface area contributed by atoms with E-state index in [4.69, 9.17) is 0 Å². The Balaban J connectivity index is 1.54. The number of thioether (sulfide) groups is 1. The third-order valence-electron chi connectivity index (χ3n) is 5.33. The minimum absolute atomic E-state index is 0.196. The van der Waals surface area contributed by atoms with Crippen molar-refractivity contribution in [1.29, 1.82) is 0 Å². The molecule has 4 nitrogen and oxygen atoms in total. The predicted molar refractivity (Wildman–Crippen MR) is 106 cm³/mol. The molecule has 1 aromatic carbocycles. The van der Waals surface area contributed by atoms with E-state index < -0.39 is 0 Å². The molecule has 138 valence electrons. The van der Waals surface area contributed by atoms with Gasteiger partial charge in [0.1, 0.15) is 5.37 Å². The van der Waals surface area contributed by atoms with E-state index in [1.807, 2.05) is 0 Å². The molecule has 0 aliphatic carbocycles. The largest absolute Gasteiger partial charge is 0.326 e. The molecule has 2 fully saturated rings. The molecule has 2 heterocycles. The van der Waals surface area contributed by atoms with Crippen LogP contribution >= 0.6 is 11.8 Å². The fraction of sp³-hybridized carbons (Fsp3) is 0.650. The van der Waals surface area contributed by atoms with Gasteiger partial charge in [-0.25, -0.2) is 0 Å². The molecule has 0 bridgehead atoms. The van der Waals surface area contributed by atoms with Gasteiger partial charge in [-0.05, 0) is 37.1 Å². The third-order valence-corrected chi connectivity index (χ3v) is 6.58. The first-order chi connectivity index (χ1) is 12.0. The summed E-state index contributed by atoms with van der Waals surface area (Å²) in [6, 6.07) is 8.84. The van der Waals surface area contributed by atoms with Crippen LogP contribution in [-0.2, 0) is 4.79 Å². The molecule has 1 atom stereocenters. The van der Waals surface area contributed by atoms with Crippen LogP contribution in [-0.4, -0.2) is 72.7 Å². The van der Waals surface area contributed by atoms with Gasteiger partial charge in [0.05, 0.1) is 5.75 Å². The van der Waals surface area contributed by atoms with Crippen LogP contribution in [0.4, 0.5) is 0 Å². The van der Waals surface area contributed by atoms with Gasteiger partial charge in [-0.15, -0.1) is 11.8 Å². The maximum Gasteiger partial charge on any atom is 0.233 e. The van der Waals surface area contributed by atoms with Crippen molar-refractivity contribution in [3.63, 3.8) is 0 Å². The van der Waals surface area contributed by atoms with Crippen LogP contribution in [0.3, 0.4) is 0 Å². The maximum atomic E-state index is 12.3. The minimum atomic E-state index is 0.196. The molecule has 0 spiro atoms. The third kappa shape index (κ3) is 4.78. The van der Waals surface area contributed by atoms with Gasteiger partial charge < -0.3 is 14.7 Å². The molecule has 0 N–H and O–H groups in total. The summed E-state index contributed by atoms with van der Waals surface area (Å²) in [6.07, 6.45) is 1.07. The number of hydrogen-bond donors (Lipinski definition) is 0. The van der Waals surface area contributed by atoms with Gasteiger partial charge >= 0.3 is 0 Å². The second-order valence-electron chi connectivity index (χ2n) is 7.57. The fourth-order valence-electron chi connectivity index (χ4n) is 3.55. The monoisotopic (exact) mass is 361 g/mol. The van der Waals surface area contributed by atoms with Crippen molar-refractivity contribution in [3.8, 4) is 0 Å². The molecule has 2 aliphatic heterocycles. The molecule has 0 unspecified atom stereocenters. The number of hydrogen-bond acceptors (Lipinski definition) is 4. The number of likely N-dealkylation sites (N-methyl/N-ethyl adjacent to an activating group) is 1. The Morgan fingerprint density at radius 2 is 1.76 bits per heavy atom. The number of rotatable bonds is 6. The van der Waals surface area contributed by atoms with E-state index in [1.165, 1.54) is 11.1 Å². The zero-order valence-electron chi connectivity index (χ0n) is 15.8. The Labute approximate surface area is 156 Å². The van der Waals surface area contributed by atoms with Crippen LogP contribution in [0.15, 0.2) is 24.3 Å². The van der Waals surface area contributed by atoms with Gasteiger partial charge in [0.2, 0.25) is 5.91 Å². The number of piperazine rings is 1. The minimum Gasteiger partial charge on any atom is -0.326 e. The lowest BCUT2D eigenvalue weighted by Crippen LogP contribution is -2.45. The number of benzene rings is 1. The van der Waals surface area contributed by atoms with Crippen molar-refractivity contribution in [2.24, 2.45) is 0 Å². The van der Waals surface area contributed by atoms with Crippen molar-refractivity contribution < 1.29 is 4.79 Å². The SMILES string of the molecule is CC(C)c1ccc([C@@H]2SCC(=O)N2CCCN2CCN(C)CC2)cc1. The number of nitrogens with zero attached hydrogens (tertiary/aromatic N) is 3. The Kier molecular flexibility index (Phi) is 6.42. The van der Waals surface area contributed by atoms with Crippen LogP contribution in [0.5, 0.6) is 0 Å². The molecule has 0 aromatic heterocycles. The highest BCUT2D eigenvalue weighted by Crippen LogP contribution is 2.38. The van der Waals surface area contributed by atoms with E-state index in [0.29, 0.717) is 17.6 Å². The summed E-state index contributed by atoms with van der Waals surface area (Å²) < 4.78 is 0. The topological polar surface area (TPSA) is 26.8 Å². The van der Waals surface area contributed by atoms with E-state index in [-0.39, 0.29) is 5.37 Å². The lowest BCUT2D eigenvalue weighted by Gasteiger charge is -2.33. The normalized spacial score (nSPS) is 23.0. The molecule has 1 aromatic rings. The predicted octanol–water partition coefficient (Wildman–Crippen LogP) is 3.02. The van der Waals surface area contributed by atoms with Crippen molar-refractivity contribution >= 4 is 17.7 Å². The lowest BCUT2D eigenvalue weighted by molar-refractivity contribution is -0.128. The van der Waals surface area contributed by atoms with Crippen molar-refractivity contribution in [2.45, 2.75) is 31.6 Å². The van der Waals surface area contributed by atoms with Crippen molar-refractivity contribution in [1.82, 2.24) is 14.7 Å². The Bertz CT molecular complexity index is 567. The average molecular weight is 362 g/mol. The molecule has 5 heteroatoms. The molecule has 2 aliphatic rings. The second kappa shape index (κ2) is 8.56. The van der Waals surface area contributed by atoms with E-state index >= 15 is 0 Å². The van der Waals surface area contributed by atoms with E-state index in [9.17, 15) is 4.79 Å². The first-order valence-corrected chi connectivity index (χ1v) is 10.5. The highest BCUT2D eigenvalue weighted by Gasteiger charge is 2.32. The molecule has 3 rings (SSSR count). The molecule has 0 saturated carbocycles. The first-order valence-electron chi connectivity index (χ1n) is 9.46. The Morgan fingerprint density at radius 1 is 1.08 bits per heavy atom.